The fourth-order valence-electron chi connectivity index (χ4n) is 4.29. The zero-order chi connectivity index (χ0) is 20.2. The second-order valence-electron chi connectivity index (χ2n) is 7.93. The van der Waals surface area contributed by atoms with Gasteiger partial charge in [0.1, 0.15) is 5.82 Å². The number of nitrogens with two attached hydrogens (primary N) is 1. The molecule has 1 aromatic heterocycles. The molecule has 0 saturated heterocycles. The van der Waals surface area contributed by atoms with Crippen LogP contribution in [0.4, 0.5) is 0 Å². The van der Waals surface area contributed by atoms with E-state index in [4.69, 9.17) is 22.3 Å². The normalized spacial score (nSPS) is 19.8. The molecular formula is C24H26ClN3O. The van der Waals surface area contributed by atoms with Crippen molar-refractivity contribution in [2.75, 3.05) is 6.54 Å². The summed E-state index contributed by atoms with van der Waals surface area (Å²) in [5, 5.41) is 1.12. The summed E-state index contributed by atoms with van der Waals surface area (Å²) in [6.07, 6.45) is 8.49. The van der Waals surface area contributed by atoms with Crippen molar-refractivity contribution in [1.29, 1.82) is 0 Å². The third kappa shape index (κ3) is 4.60. The van der Waals surface area contributed by atoms with Crippen molar-refractivity contribution in [1.82, 2.24) is 9.55 Å². The van der Waals surface area contributed by atoms with E-state index >= 15 is 0 Å². The molecule has 0 aliphatic heterocycles. The lowest BCUT2D eigenvalue weighted by atomic mass is 9.81. The predicted molar refractivity (Wildman–Crippen MR) is 121 cm³/mol. The molecule has 1 aliphatic rings. The average Bonchev–Trinajstić information content (AvgIpc) is 2.76. The first kappa shape index (κ1) is 19.9. The molecular weight excluding hydrogens is 382 g/mol. The predicted octanol–water partition coefficient (Wildman–Crippen LogP) is 4.99. The van der Waals surface area contributed by atoms with Crippen molar-refractivity contribution in [3.05, 3.63) is 75.3 Å². The molecule has 0 bridgehead atoms. The van der Waals surface area contributed by atoms with Gasteiger partial charge in [-0.1, -0.05) is 54.4 Å². The van der Waals surface area contributed by atoms with Crippen molar-refractivity contribution in [3.8, 4) is 0 Å². The second-order valence-corrected chi connectivity index (χ2v) is 8.36. The number of benzene rings is 2. The van der Waals surface area contributed by atoms with Gasteiger partial charge in [-0.2, -0.15) is 0 Å². The van der Waals surface area contributed by atoms with Crippen LogP contribution < -0.4 is 11.3 Å². The Morgan fingerprint density at radius 1 is 1.10 bits per heavy atom. The van der Waals surface area contributed by atoms with Crippen molar-refractivity contribution < 1.29 is 0 Å². The largest absolute Gasteiger partial charge is 0.330 e. The zero-order valence-corrected chi connectivity index (χ0v) is 17.2. The number of aromatic nitrogens is 2. The summed E-state index contributed by atoms with van der Waals surface area (Å²) in [5.41, 5.74) is 7.63. The molecule has 1 heterocycles. The second kappa shape index (κ2) is 8.93. The summed E-state index contributed by atoms with van der Waals surface area (Å²) >= 11 is 6.15. The molecule has 4 nitrogen and oxygen atoms in total. The Bertz CT molecular complexity index is 1070. The maximum absolute atomic E-state index is 13.3. The van der Waals surface area contributed by atoms with Gasteiger partial charge < -0.3 is 5.73 Å². The highest BCUT2D eigenvalue weighted by atomic mass is 35.5. The van der Waals surface area contributed by atoms with Gasteiger partial charge in [-0.25, -0.2) is 4.98 Å². The Kier molecular flexibility index (Phi) is 6.12. The van der Waals surface area contributed by atoms with Gasteiger partial charge in [0.15, 0.2) is 0 Å². The molecule has 0 amide bonds. The molecule has 1 aliphatic carbocycles. The third-order valence-electron chi connectivity index (χ3n) is 5.84. The van der Waals surface area contributed by atoms with E-state index in [1.54, 1.807) is 12.1 Å². The van der Waals surface area contributed by atoms with Crippen LogP contribution in [0.15, 0.2) is 53.3 Å². The molecule has 1 saturated carbocycles. The van der Waals surface area contributed by atoms with Crippen LogP contribution >= 0.6 is 11.6 Å². The minimum absolute atomic E-state index is 0.0277. The van der Waals surface area contributed by atoms with Crippen molar-refractivity contribution in [3.63, 3.8) is 0 Å². The molecule has 150 valence electrons. The molecule has 2 atom stereocenters. The molecule has 1 fully saturated rings. The van der Waals surface area contributed by atoms with Crippen LogP contribution in [-0.4, -0.2) is 16.1 Å². The number of fused-ring (bicyclic) bond motifs is 1. The van der Waals surface area contributed by atoms with Gasteiger partial charge >= 0.3 is 0 Å². The Morgan fingerprint density at radius 3 is 2.69 bits per heavy atom. The molecule has 2 N–H and O–H groups in total. The van der Waals surface area contributed by atoms with Gasteiger partial charge in [0.25, 0.3) is 5.56 Å². The van der Waals surface area contributed by atoms with Crippen molar-refractivity contribution >= 4 is 34.7 Å². The van der Waals surface area contributed by atoms with Crippen LogP contribution in [0.3, 0.4) is 0 Å². The molecule has 29 heavy (non-hydrogen) atoms. The van der Waals surface area contributed by atoms with Gasteiger partial charge in [-0.3, -0.25) is 9.36 Å². The first-order valence-corrected chi connectivity index (χ1v) is 10.6. The van der Waals surface area contributed by atoms with Gasteiger partial charge in [0, 0.05) is 11.6 Å². The van der Waals surface area contributed by atoms with E-state index in [0.717, 1.165) is 24.9 Å². The molecule has 3 aromatic rings. The molecule has 4 rings (SSSR count). The lowest BCUT2D eigenvalue weighted by molar-refractivity contribution is 0.245. The number of nitrogens with zero attached hydrogens (tertiary/aromatic N) is 2. The molecule has 2 aromatic carbocycles. The first-order valence-electron chi connectivity index (χ1n) is 10.3. The maximum atomic E-state index is 13.3. The summed E-state index contributed by atoms with van der Waals surface area (Å²) in [7, 11) is 0. The minimum Gasteiger partial charge on any atom is -0.330 e. The molecule has 2 unspecified atom stereocenters. The lowest BCUT2D eigenvalue weighted by Crippen LogP contribution is -2.31. The van der Waals surface area contributed by atoms with Crippen LogP contribution in [0, 0.1) is 11.8 Å². The van der Waals surface area contributed by atoms with E-state index in [0.29, 0.717) is 40.1 Å². The van der Waals surface area contributed by atoms with Gasteiger partial charge in [-0.05, 0) is 67.5 Å². The number of hydrogen-bond donors (Lipinski definition) is 1. The number of halogens is 1. The van der Waals surface area contributed by atoms with E-state index in [2.05, 4.69) is 0 Å². The lowest BCUT2D eigenvalue weighted by Gasteiger charge is -2.29. The highest BCUT2D eigenvalue weighted by Crippen LogP contribution is 2.29. The summed E-state index contributed by atoms with van der Waals surface area (Å²) in [6.45, 7) is 1.39. The van der Waals surface area contributed by atoms with Gasteiger partial charge in [0.2, 0.25) is 0 Å². The Labute approximate surface area is 176 Å². The van der Waals surface area contributed by atoms with Crippen LogP contribution in [0.5, 0.6) is 0 Å². The highest BCUT2D eigenvalue weighted by molar-refractivity contribution is 6.31. The SMILES string of the molecule is NCC1CCCC(Cn2c(C=Cc3ccccc3)nc3ccc(Cl)cc3c2=O)C1. The maximum Gasteiger partial charge on any atom is 0.261 e. The Balaban J connectivity index is 1.75. The van der Waals surface area contributed by atoms with E-state index in [-0.39, 0.29) is 5.56 Å². The quantitative estimate of drug-likeness (QED) is 0.648. The number of rotatable bonds is 5. The van der Waals surface area contributed by atoms with Crippen molar-refractivity contribution in [2.45, 2.75) is 32.2 Å². The summed E-state index contributed by atoms with van der Waals surface area (Å²) in [6, 6.07) is 15.4. The minimum atomic E-state index is -0.0277. The fraction of sp³-hybridized carbons (Fsp3) is 0.333. The summed E-state index contributed by atoms with van der Waals surface area (Å²) < 4.78 is 1.82. The van der Waals surface area contributed by atoms with E-state index < -0.39 is 0 Å². The van der Waals surface area contributed by atoms with Gasteiger partial charge in [-0.15, -0.1) is 0 Å². The monoisotopic (exact) mass is 407 g/mol. The van der Waals surface area contributed by atoms with Crippen LogP contribution in [0.1, 0.15) is 37.1 Å². The van der Waals surface area contributed by atoms with Crippen LogP contribution in [0.25, 0.3) is 23.1 Å². The highest BCUT2D eigenvalue weighted by Gasteiger charge is 2.23. The summed E-state index contributed by atoms with van der Waals surface area (Å²) in [5.74, 6) is 1.68. The summed E-state index contributed by atoms with van der Waals surface area (Å²) in [4.78, 5) is 18.1. The fourth-order valence-corrected chi connectivity index (χ4v) is 4.46. The van der Waals surface area contributed by atoms with Crippen LogP contribution in [-0.2, 0) is 6.54 Å². The Hall–Kier alpha value is -2.43. The topological polar surface area (TPSA) is 60.9 Å². The van der Waals surface area contributed by atoms with E-state index in [1.165, 1.54) is 12.8 Å². The molecule has 0 radical (unpaired) electrons. The average molecular weight is 408 g/mol. The Morgan fingerprint density at radius 2 is 1.90 bits per heavy atom. The number of hydrogen-bond acceptors (Lipinski definition) is 3. The van der Waals surface area contributed by atoms with Gasteiger partial charge in [0.05, 0.1) is 10.9 Å². The van der Waals surface area contributed by atoms with Crippen molar-refractivity contribution in [2.24, 2.45) is 17.6 Å². The smallest absolute Gasteiger partial charge is 0.261 e. The first-order chi connectivity index (χ1) is 14.1. The van der Waals surface area contributed by atoms with E-state index in [1.807, 2.05) is 53.1 Å². The van der Waals surface area contributed by atoms with Crippen LogP contribution in [0.2, 0.25) is 5.02 Å². The third-order valence-corrected chi connectivity index (χ3v) is 6.07. The zero-order valence-electron chi connectivity index (χ0n) is 16.4. The standard InChI is InChI=1S/C24H26ClN3O/c25-20-10-11-22-21(14-20)24(29)28(16-19-8-4-7-18(13-19)15-26)23(27-22)12-9-17-5-2-1-3-6-17/h1-3,5-6,9-12,14,18-19H,4,7-8,13,15-16,26H2. The molecule has 0 spiro atoms. The molecule has 5 heteroatoms. The van der Waals surface area contributed by atoms with E-state index in [9.17, 15) is 4.79 Å².